The van der Waals surface area contributed by atoms with E-state index in [0.29, 0.717) is 18.2 Å². The molecule has 2 fully saturated rings. The van der Waals surface area contributed by atoms with Crippen LogP contribution < -0.4 is 14.8 Å². The van der Waals surface area contributed by atoms with E-state index in [0.717, 1.165) is 29.6 Å². The molecule has 0 heterocycles. The maximum atomic E-state index is 12.2. The van der Waals surface area contributed by atoms with Crippen molar-refractivity contribution in [3.05, 3.63) is 23.8 Å². The van der Waals surface area contributed by atoms with Crippen LogP contribution in [0.3, 0.4) is 0 Å². The molecule has 2 saturated carbocycles. The van der Waals surface area contributed by atoms with Crippen molar-refractivity contribution in [2.24, 2.45) is 11.8 Å². The first-order chi connectivity index (χ1) is 10.7. The topological polar surface area (TPSA) is 47.6 Å². The molecule has 0 unspecified atom stereocenters. The number of aryl methyl sites for hydroxylation is 1. The number of nitrogens with one attached hydrogen (secondary N) is 1. The summed E-state index contributed by atoms with van der Waals surface area (Å²) in [7, 11) is 3.25. The second-order valence-corrected chi connectivity index (χ2v) is 6.54. The molecule has 3 atom stereocenters. The van der Waals surface area contributed by atoms with Crippen molar-refractivity contribution in [2.75, 3.05) is 14.2 Å². The normalized spacial score (nSPS) is 26.0. The van der Waals surface area contributed by atoms with Crippen molar-refractivity contribution in [1.82, 2.24) is 5.32 Å². The summed E-state index contributed by atoms with van der Waals surface area (Å²) in [4.78, 5) is 12.2. The maximum absolute atomic E-state index is 12.2. The predicted molar refractivity (Wildman–Crippen MR) is 85.2 cm³/mol. The first-order valence-electron chi connectivity index (χ1n) is 8.20. The number of benzene rings is 1. The molecule has 4 heteroatoms. The van der Waals surface area contributed by atoms with E-state index in [1.54, 1.807) is 14.2 Å². The summed E-state index contributed by atoms with van der Waals surface area (Å²) < 4.78 is 10.5. The van der Waals surface area contributed by atoms with Crippen molar-refractivity contribution in [3.63, 3.8) is 0 Å². The smallest absolute Gasteiger partial charge is 0.220 e. The third-order valence-corrected chi connectivity index (χ3v) is 5.17. The summed E-state index contributed by atoms with van der Waals surface area (Å²) >= 11 is 0. The first kappa shape index (κ1) is 15.2. The average molecular weight is 303 g/mol. The van der Waals surface area contributed by atoms with Crippen LogP contribution in [0.2, 0.25) is 0 Å². The zero-order valence-corrected chi connectivity index (χ0v) is 13.4. The van der Waals surface area contributed by atoms with Crippen LogP contribution in [0.1, 0.15) is 37.7 Å². The zero-order chi connectivity index (χ0) is 15.5. The van der Waals surface area contributed by atoms with Gasteiger partial charge < -0.3 is 14.8 Å². The lowest BCUT2D eigenvalue weighted by Gasteiger charge is -2.22. The molecule has 0 saturated heterocycles. The summed E-state index contributed by atoms with van der Waals surface area (Å²) in [5, 5.41) is 3.24. The van der Waals surface area contributed by atoms with Crippen LogP contribution >= 0.6 is 0 Å². The molecule has 22 heavy (non-hydrogen) atoms. The molecular formula is C18H25NO3. The highest BCUT2D eigenvalue weighted by Crippen LogP contribution is 2.44. The van der Waals surface area contributed by atoms with Crippen molar-refractivity contribution in [1.29, 1.82) is 0 Å². The summed E-state index contributed by atoms with van der Waals surface area (Å²) in [6, 6.07) is 6.26. The Morgan fingerprint density at radius 2 is 2.00 bits per heavy atom. The number of carbonyl (C=O) groups is 1. The molecule has 2 aliphatic rings. The monoisotopic (exact) mass is 303 g/mol. The molecule has 3 rings (SSSR count). The van der Waals surface area contributed by atoms with Gasteiger partial charge in [0.2, 0.25) is 5.91 Å². The number of hydrogen-bond donors (Lipinski definition) is 1. The van der Waals surface area contributed by atoms with E-state index in [2.05, 4.69) is 5.32 Å². The van der Waals surface area contributed by atoms with Gasteiger partial charge in [-0.15, -0.1) is 0 Å². The second-order valence-electron chi connectivity index (χ2n) is 6.54. The summed E-state index contributed by atoms with van der Waals surface area (Å²) in [5.41, 5.74) is 1.10. The third-order valence-electron chi connectivity index (χ3n) is 5.17. The Morgan fingerprint density at radius 3 is 2.64 bits per heavy atom. The third kappa shape index (κ3) is 3.21. The molecule has 4 nitrogen and oxygen atoms in total. The minimum Gasteiger partial charge on any atom is -0.493 e. The fourth-order valence-electron chi connectivity index (χ4n) is 3.99. The lowest BCUT2D eigenvalue weighted by molar-refractivity contribution is -0.122. The average Bonchev–Trinajstić information content (AvgIpc) is 3.15. The highest BCUT2D eigenvalue weighted by atomic mass is 16.5. The van der Waals surface area contributed by atoms with Gasteiger partial charge in [-0.25, -0.2) is 0 Å². The molecule has 1 aromatic carbocycles. The van der Waals surface area contributed by atoms with Gasteiger partial charge in [0.05, 0.1) is 14.2 Å². The molecule has 0 spiro atoms. The molecule has 120 valence electrons. The van der Waals surface area contributed by atoms with Gasteiger partial charge in [-0.3, -0.25) is 4.79 Å². The van der Waals surface area contributed by atoms with Crippen LogP contribution in [0.15, 0.2) is 18.2 Å². The zero-order valence-electron chi connectivity index (χ0n) is 13.4. The van der Waals surface area contributed by atoms with Gasteiger partial charge in [-0.05, 0) is 55.2 Å². The Kier molecular flexibility index (Phi) is 4.55. The molecule has 2 bridgehead atoms. The first-order valence-corrected chi connectivity index (χ1v) is 8.20. The van der Waals surface area contributed by atoms with E-state index < -0.39 is 0 Å². The van der Waals surface area contributed by atoms with Crippen LogP contribution in [0.25, 0.3) is 0 Å². The lowest BCUT2D eigenvalue weighted by Crippen LogP contribution is -2.38. The Balaban J connectivity index is 1.50. The van der Waals surface area contributed by atoms with Crippen LogP contribution in [0.4, 0.5) is 0 Å². The largest absolute Gasteiger partial charge is 0.493 e. The Morgan fingerprint density at radius 1 is 1.18 bits per heavy atom. The van der Waals surface area contributed by atoms with Gasteiger partial charge in [0.25, 0.3) is 0 Å². The van der Waals surface area contributed by atoms with Gasteiger partial charge in [-0.1, -0.05) is 12.5 Å². The van der Waals surface area contributed by atoms with Gasteiger partial charge in [0.1, 0.15) is 0 Å². The number of hydrogen-bond acceptors (Lipinski definition) is 3. The second kappa shape index (κ2) is 6.59. The maximum Gasteiger partial charge on any atom is 0.220 e. The van der Waals surface area contributed by atoms with E-state index >= 15 is 0 Å². The van der Waals surface area contributed by atoms with Crippen molar-refractivity contribution < 1.29 is 14.3 Å². The minimum absolute atomic E-state index is 0.173. The summed E-state index contributed by atoms with van der Waals surface area (Å²) in [5.74, 6) is 3.20. The predicted octanol–water partition coefficient (Wildman–Crippen LogP) is 2.94. The van der Waals surface area contributed by atoms with Gasteiger partial charge in [0.15, 0.2) is 11.5 Å². The van der Waals surface area contributed by atoms with Gasteiger partial charge in [0, 0.05) is 12.5 Å². The fourth-order valence-corrected chi connectivity index (χ4v) is 3.99. The lowest BCUT2D eigenvalue weighted by atomic mass is 9.95. The Hall–Kier alpha value is -1.71. The quantitative estimate of drug-likeness (QED) is 0.879. The number of rotatable bonds is 6. The van der Waals surface area contributed by atoms with E-state index in [-0.39, 0.29) is 5.91 Å². The number of carbonyl (C=O) groups excluding carboxylic acids is 1. The molecule has 0 radical (unpaired) electrons. The number of fused-ring (bicyclic) bond motifs is 2. The molecule has 2 aliphatic carbocycles. The SMILES string of the molecule is COc1ccc(CCC(=O)N[C@H]2C[C@@H]3CC[C@@H]2C3)cc1OC. The number of amides is 1. The highest BCUT2D eigenvalue weighted by molar-refractivity contribution is 5.76. The molecule has 0 aliphatic heterocycles. The number of methoxy groups -OCH3 is 2. The van der Waals surface area contributed by atoms with Crippen molar-refractivity contribution in [3.8, 4) is 11.5 Å². The van der Waals surface area contributed by atoms with E-state index in [4.69, 9.17) is 9.47 Å². The molecule has 1 amide bonds. The van der Waals surface area contributed by atoms with Crippen LogP contribution in [-0.2, 0) is 11.2 Å². The van der Waals surface area contributed by atoms with Crippen LogP contribution in [0.5, 0.6) is 11.5 Å². The Labute approximate surface area is 132 Å². The summed E-state index contributed by atoms with van der Waals surface area (Å²) in [6.07, 6.45) is 6.43. The van der Waals surface area contributed by atoms with Gasteiger partial charge in [-0.2, -0.15) is 0 Å². The van der Waals surface area contributed by atoms with E-state index in [1.165, 1.54) is 25.7 Å². The van der Waals surface area contributed by atoms with Crippen LogP contribution in [-0.4, -0.2) is 26.2 Å². The molecule has 0 aromatic heterocycles. The van der Waals surface area contributed by atoms with Crippen LogP contribution in [0, 0.1) is 11.8 Å². The Bertz CT molecular complexity index is 543. The summed E-state index contributed by atoms with van der Waals surface area (Å²) in [6.45, 7) is 0. The van der Waals surface area contributed by atoms with E-state index in [1.807, 2.05) is 18.2 Å². The number of ether oxygens (including phenoxy) is 2. The van der Waals surface area contributed by atoms with Gasteiger partial charge >= 0.3 is 0 Å². The standard InChI is InChI=1S/C18H25NO3/c1-21-16-7-4-12(11-17(16)22-2)5-8-18(20)19-15-10-13-3-6-14(15)9-13/h4,7,11,13-15H,3,5-6,8-10H2,1-2H3,(H,19,20)/t13-,14-,15+/m1/s1. The minimum atomic E-state index is 0.173. The van der Waals surface area contributed by atoms with Crippen molar-refractivity contribution >= 4 is 5.91 Å². The molecule has 1 aromatic rings. The molecular weight excluding hydrogens is 278 g/mol. The van der Waals surface area contributed by atoms with E-state index in [9.17, 15) is 4.79 Å². The molecule has 1 N–H and O–H groups in total. The fraction of sp³-hybridized carbons (Fsp3) is 0.611. The highest BCUT2D eigenvalue weighted by Gasteiger charge is 2.39. The van der Waals surface area contributed by atoms with Crippen molar-refractivity contribution in [2.45, 2.75) is 44.6 Å².